The molecule has 1 aliphatic rings. The van der Waals surface area contributed by atoms with Gasteiger partial charge in [0.05, 0.1) is 9.92 Å². The topological polar surface area (TPSA) is 45.7 Å². The number of anilines is 1. The molecule has 0 radical (unpaired) electrons. The van der Waals surface area contributed by atoms with Crippen molar-refractivity contribution in [3.05, 3.63) is 77.3 Å². The summed E-state index contributed by atoms with van der Waals surface area (Å²) in [6, 6.07) is 21.6. The second-order valence-corrected chi connectivity index (χ2v) is 7.96. The summed E-state index contributed by atoms with van der Waals surface area (Å²) in [5.74, 6) is 2.43. The summed E-state index contributed by atoms with van der Waals surface area (Å²) in [7, 11) is 0. The first-order valence-electron chi connectivity index (χ1n) is 9.04. The number of guanidine groups is 1. The van der Waals surface area contributed by atoms with Crippen molar-refractivity contribution < 1.29 is 4.74 Å². The van der Waals surface area contributed by atoms with Crippen LogP contribution in [0.2, 0.25) is 5.02 Å². The van der Waals surface area contributed by atoms with Crippen LogP contribution in [-0.4, -0.2) is 5.96 Å². The molecule has 1 aliphatic heterocycles. The van der Waals surface area contributed by atoms with E-state index in [0.717, 1.165) is 16.3 Å². The molecule has 4 nitrogen and oxygen atoms in total. The summed E-state index contributed by atoms with van der Waals surface area (Å²) >= 11 is 7.73. The Morgan fingerprint density at radius 1 is 0.964 bits per heavy atom. The fourth-order valence-electron chi connectivity index (χ4n) is 2.80. The number of hydrogen-bond donors (Lipinski definition) is 2. The minimum absolute atomic E-state index is 0.506. The molecule has 0 saturated carbocycles. The summed E-state index contributed by atoms with van der Waals surface area (Å²) < 4.78 is 9.28. The van der Waals surface area contributed by atoms with Crippen molar-refractivity contribution in [2.45, 2.75) is 24.7 Å². The fourth-order valence-corrected chi connectivity index (χ4v) is 3.67. The highest BCUT2D eigenvalue weighted by Crippen LogP contribution is 2.42. The summed E-state index contributed by atoms with van der Waals surface area (Å²) in [4.78, 5) is 5.72. The maximum atomic E-state index is 6.24. The van der Waals surface area contributed by atoms with Gasteiger partial charge in [-0.05, 0) is 59.8 Å². The third kappa shape index (κ3) is 4.11. The predicted octanol–water partition coefficient (Wildman–Crippen LogP) is 6.97. The van der Waals surface area contributed by atoms with Crippen LogP contribution in [-0.2, 0) is 0 Å². The first-order valence-corrected chi connectivity index (χ1v) is 10.2. The molecule has 142 valence electrons. The van der Waals surface area contributed by atoms with Crippen LogP contribution in [0.5, 0.6) is 11.5 Å². The number of ether oxygens (including phenoxy) is 1. The molecule has 0 fully saturated rings. The minimum atomic E-state index is 0.506. The molecular weight excluding hydrogens is 390 g/mol. The molecule has 0 atom stereocenters. The number of benzene rings is 3. The third-order valence-electron chi connectivity index (χ3n) is 4.34. The Kier molecular flexibility index (Phi) is 5.46. The predicted molar refractivity (Wildman–Crippen MR) is 118 cm³/mol. The van der Waals surface area contributed by atoms with E-state index in [1.54, 1.807) is 6.07 Å². The molecule has 0 aromatic heterocycles. The average molecular weight is 410 g/mol. The number of para-hydroxylation sites is 2. The Balaban J connectivity index is 1.59. The Hall–Kier alpha value is -2.63. The lowest BCUT2D eigenvalue weighted by atomic mass is 10.0. The molecular formula is C22H20ClN3OS. The summed E-state index contributed by atoms with van der Waals surface area (Å²) in [6.45, 7) is 4.37. The number of halogens is 1. The number of nitrogens with zero attached hydrogens (tertiary/aromatic N) is 1. The molecule has 0 aliphatic carbocycles. The van der Waals surface area contributed by atoms with Crippen molar-refractivity contribution in [3.63, 3.8) is 0 Å². The molecule has 4 rings (SSSR count). The van der Waals surface area contributed by atoms with E-state index in [1.807, 2.05) is 36.4 Å². The van der Waals surface area contributed by atoms with Crippen LogP contribution in [0.15, 0.2) is 76.6 Å². The van der Waals surface area contributed by atoms with Crippen molar-refractivity contribution >= 4 is 40.9 Å². The van der Waals surface area contributed by atoms with Gasteiger partial charge in [0.1, 0.15) is 11.4 Å². The summed E-state index contributed by atoms with van der Waals surface area (Å²) in [5.41, 5.74) is 3.05. The van der Waals surface area contributed by atoms with Gasteiger partial charge in [-0.1, -0.05) is 55.8 Å². The first kappa shape index (κ1) is 18.7. The number of rotatable bonds is 4. The number of fused-ring (bicyclic) bond motifs is 1. The molecule has 0 amide bonds. The second kappa shape index (κ2) is 8.17. The highest BCUT2D eigenvalue weighted by molar-refractivity contribution is 7.98. The lowest BCUT2D eigenvalue weighted by molar-refractivity contribution is 0.483. The number of aliphatic imine (C=N–C) groups is 1. The standard InChI is InChI=1S/C22H20ClN3OS/c1-14(2)15-10-12-16(13-11-15)24-22-25-21-19(8-5-9-20(21)28-26-22)27-18-7-4-3-6-17(18)23/h3-14H,1-2H3,(H2,24,25,26). The van der Waals surface area contributed by atoms with Gasteiger partial charge in [0.15, 0.2) is 5.75 Å². The van der Waals surface area contributed by atoms with E-state index in [-0.39, 0.29) is 0 Å². The van der Waals surface area contributed by atoms with Crippen LogP contribution in [0.25, 0.3) is 0 Å². The number of nitrogens with one attached hydrogen (secondary N) is 2. The molecule has 0 bridgehead atoms. The van der Waals surface area contributed by atoms with E-state index in [1.165, 1.54) is 17.5 Å². The van der Waals surface area contributed by atoms with Crippen molar-refractivity contribution in [2.24, 2.45) is 4.99 Å². The Bertz CT molecular complexity index is 1020. The Morgan fingerprint density at radius 3 is 2.46 bits per heavy atom. The van der Waals surface area contributed by atoms with Gasteiger partial charge in [-0.25, -0.2) is 4.99 Å². The van der Waals surface area contributed by atoms with Crippen molar-refractivity contribution in [1.82, 2.24) is 4.72 Å². The normalized spacial score (nSPS) is 12.8. The molecule has 28 heavy (non-hydrogen) atoms. The van der Waals surface area contributed by atoms with Crippen LogP contribution >= 0.6 is 23.5 Å². The van der Waals surface area contributed by atoms with E-state index in [4.69, 9.17) is 21.3 Å². The molecule has 3 aromatic carbocycles. The maximum Gasteiger partial charge on any atom is 0.211 e. The van der Waals surface area contributed by atoms with Crippen LogP contribution in [0.4, 0.5) is 11.4 Å². The molecule has 0 unspecified atom stereocenters. The van der Waals surface area contributed by atoms with Gasteiger partial charge >= 0.3 is 0 Å². The molecule has 0 saturated heterocycles. The second-order valence-electron chi connectivity index (χ2n) is 6.70. The fraction of sp³-hybridized carbons (Fsp3) is 0.136. The molecule has 0 spiro atoms. The zero-order valence-corrected chi connectivity index (χ0v) is 17.1. The minimum Gasteiger partial charge on any atom is -0.453 e. The van der Waals surface area contributed by atoms with E-state index >= 15 is 0 Å². The Labute approximate surface area is 174 Å². The first-order chi connectivity index (χ1) is 13.6. The van der Waals surface area contributed by atoms with E-state index in [2.05, 4.69) is 48.2 Å². The largest absolute Gasteiger partial charge is 0.453 e. The lowest BCUT2D eigenvalue weighted by Crippen LogP contribution is -2.26. The van der Waals surface area contributed by atoms with Crippen LogP contribution in [0.1, 0.15) is 25.3 Å². The third-order valence-corrected chi connectivity index (χ3v) is 5.50. The van der Waals surface area contributed by atoms with Gasteiger partial charge in [-0.3, -0.25) is 4.72 Å². The molecule has 2 N–H and O–H groups in total. The van der Waals surface area contributed by atoms with Crippen LogP contribution in [0.3, 0.4) is 0 Å². The molecule has 1 heterocycles. The SMILES string of the molecule is CC(C)c1ccc(NC2=Nc3c(Oc4ccccc4Cl)cccc3SN2)cc1. The van der Waals surface area contributed by atoms with Crippen LogP contribution in [0, 0.1) is 0 Å². The monoisotopic (exact) mass is 409 g/mol. The van der Waals surface area contributed by atoms with E-state index in [9.17, 15) is 0 Å². The van der Waals surface area contributed by atoms with Crippen molar-refractivity contribution in [3.8, 4) is 11.5 Å². The quantitative estimate of drug-likeness (QED) is 0.457. The van der Waals surface area contributed by atoms with E-state index in [0.29, 0.717) is 28.4 Å². The Morgan fingerprint density at radius 2 is 1.71 bits per heavy atom. The zero-order chi connectivity index (χ0) is 19.5. The molecule has 3 aromatic rings. The van der Waals surface area contributed by atoms with Crippen molar-refractivity contribution in [1.29, 1.82) is 0 Å². The zero-order valence-electron chi connectivity index (χ0n) is 15.6. The summed E-state index contributed by atoms with van der Waals surface area (Å²) in [5, 5.41) is 3.89. The van der Waals surface area contributed by atoms with Gasteiger partial charge in [0.2, 0.25) is 5.96 Å². The van der Waals surface area contributed by atoms with Gasteiger partial charge in [-0.15, -0.1) is 0 Å². The molecule has 6 heteroatoms. The highest BCUT2D eigenvalue weighted by atomic mass is 35.5. The van der Waals surface area contributed by atoms with E-state index < -0.39 is 0 Å². The summed E-state index contributed by atoms with van der Waals surface area (Å²) in [6.07, 6.45) is 0. The lowest BCUT2D eigenvalue weighted by Gasteiger charge is -2.20. The highest BCUT2D eigenvalue weighted by Gasteiger charge is 2.18. The van der Waals surface area contributed by atoms with Gasteiger partial charge in [0, 0.05) is 5.69 Å². The number of hydrogen-bond acceptors (Lipinski definition) is 5. The average Bonchev–Trinajstić information content (AvgIpc) is 2.70. The maximum absolute atomic E-state index is 6.24. The smallest absolute Gasteiger partial charge is 0.211 e. The van der Waals surface area contributed by atoms with Gasteiger partial charge in [-0.2, -0.15) is 0 Å². The van der Waals surface area contributed by atoms with Gasteiger partial charge < -0.3 is 10.1 Å². The van der Waals surface area contributed by atoms with Gasteiger partial charge in [0.25, 0.3) is 0 Å². The van der Waals surface area contributed by atoms with Crippen molar-refractivity contribution in [2.75, 3.05) is 5.32 Å². The van der Waals surface area contributed by atoms with Crippen LogP contribution < -0.4 is 14.8 Å².